The van der Waals surface area contributed by atoms with Crippen LogP contribution in [0.25, 0.3) is 0 Å². The van der Waals surface area contributed by atoms with Crippen molar-refractivity contribution >= 4 is 11.6 Å². The van der Waals surface area contributed by atoms with Crippen molar-refractivity contribution in [3.05, 3.63) is 11.9 Å². The van der Waals surface area contributed by atoms with E-state index >= 15 is 0 Å². The molecule has 0 spiro atoms. The van der Waals surface area contributed by atoms with Crippen LogP contribution in [0, 0.1) is 5.92 Å². The van der Waals surface area contributed by atoms with E-state index in [-0.39, 0.29) is 0 Å². The number of hydrogen-bond acceptors (Lipinski definition) is 5. The zero-order chi connectivity index (χ0) is 15.2. The molecular weight excluding hydrogens is 264 g/mol. The van der Waals surface area contributed by atoms with Gasteiger partial charge in [-0.2, -0.15) is 0 Å². The lowest BCUT2D eigenvalue weighted by atomic mass is 10.2. The van der Waals surface area contributed by atoms with Crippen molar-refractivity contribution < 1.29 is 4.74 Å². The van der Waals surface area contributed by atoms with Gasteiger partial charge in [0.05, 0.1) is 6.61 Å². The molecule has 21 heavy (non-hydrogen) atoms. The summed E-state index contributed by atoms with van der Waals surface area (Å²) in [6.45, 7) is 6.05. The van der Waals surface area contributed by atoms with Crippen LogP contribution in [-0.2, 0) is 11.2 Å². The summed E-state index contributed by atoms with van der Waals surface area (Å²) in [5, 5.41) is 3.15. The van der Waals surface area contributed by atoms with Crippen molar-refractivity contribution in [1.82, 2.24) is 9.97 Å². The number of hydrogen-bond donors (Lipinski definition) is 1. The summed E-state index contributed by atoms with van der Waals surface area (Å²) in [7, 11) is 3.66. The first-order chi connectivity index (χ1) is 10.2. The van der Waals surface area contributed by atoms with Crippen molar-refractivity contribution in [1.29, 1.82) is 0 Å². The van der Waals surface area contributed by atoms with E-state index in [1.54, 1.807) is 7.11 Å². The van der Waals surface area contributed by atoms with E-state index in [9.17, 15) is 0 Å². The summed E-state index contributed by atoms with van der Waals surface area (Å²) < 4.78 is 5.28. The van der Waals surface area contributed by atoms with Gasteiger partial charge in [0.25, 0.3) is 0 Å². The first-order valence-corrected chi connectivity index (χ1v) is 8.00. The van der Waals surface area contributed by atoms with Gasteiger partial charge in [0.15, 0.2) is 0 Å². The second kappa shape index (κ2) is 7.59. The number of methoxy groups -OCH3 is 1. The SMILES string of the molecule is CCCc1nc(NC)cc(N(CCOC)C(C)C2CC2)n1. The molecule has 0 radical (unpaired) electrons. The molecule has 1 heterocycles. The van der Waals surface area contributed by atoms with Gasteiger partial charge in [0.2, 0.25) is 0 Å². The fourth-order valence-corrected chi connectivity index (χ4v) is 2.64. The van der Waals surface area contributed by atoms with E-state index in [2.05, 4.69) is 29.0 Å². The van der Waals surface area contributed by atoms with E-state index in [0.29, 0.717) is 6.04 Å². The maximum absolute atomic E-state index is 5.28. The van der Waals surface area contributed by atoms with Crippen LogP contribution in [0.1, 0.15) is 38.9 Å². The fourth-order valence-electron chi connectivity index (χ4n) is 2.64. The van der Waals surface area contributed by atoms with E-state index in [0.717, 1.165) is 49.4 Å². The molecule has 1 aliphatic rings. The number of ether oxygens (including phenoxy) is 1. The van der Waals surface area contributed by atoms with Crippen molar-refractivity contribution in [3.63, 3.8) is 0 Å². The second-order valence-corrected chi connectivity index (χ2v) is 5.79. The van der Waals surface area contributed by atoms with Gasteiger partial charge in [-0.3, -0.25) is 0 Å². The van der Waals surface area contributed by atoms with Gasteiger partial charge in [0, 0.05) is 39.2 Å². The standard InChI is InChI=1S/C16H28N4O/c1-5-6-14-18-15(17-3)11-16(19-14)20(9-10-21-4)12(2)13-7-8-13/h11-13H,5-10H2,1-4H3,(H,17,18,19). The molecule has 5 heteroatoms. The molecule has 0 bridgehead atoms. The van der Waals surface area contributed by atoms with Crippen LogP contribution in [0.15, 0.2) is 6.07 Å². The predicted octanol–water partition coefficient (Wildman–Crippen LogP) is 2.72. The molecule has 1 aromatic rings. The maximum atomic E-state index is 5.28. The minimum atomic E-state index is 0.509. The highest BCUT2D eigenvalue weighted by Gasteiger charge is 2.32. The highest BCUT2D eigenvalue weighted by molar-refractivity contribution is 5.50. The number of rotatable bonds is 9. The Balaban J connectivity index is 2.25. The summed E-state index contributed by atoms with van der Waals surface area (Å²) in [6, 6.07) is 2.56. The van der Waals surface area contributed by atoms with Crippen molar-refractivity contribution in [3.8, 4) is 0 Å². The van der Waals surface area contributed by atoms with Gasteiger partial charge in [-0.1, -0.05) is 6.92 Å². The average Bonchev–Trinajstić information content (AvgIpc) is 3.32. The Bertz CT molecular complexity index is 448. The predicted molar refractivity (Wildman–Crippen MR) is 87.0 cm³/mol. The van der Waals surface area contributed by atoms with Crippen molar-refractivity contribution in [2.45, 2.75) is 45.6 Å². The van der Waals surface area contributed by atoms with Crippen LogP contribution < -0.4 is 10.2 Å². The van der Waals surface area contributed by atoms with Crippen molar-refractivity contribution in [2.24, 2.45) is 5.92 Å². The molecule has 1 N–H and O–H groups in total. The molecule has 5 nitrogen and oxygen atoms in total. The summed E-state index contributed by atoms with van der Waals surface area (Å²) in [5.41, 5.74) is 0. The van der Waals surface area contributed by atoms with Crippen LogP contribution in [-0.4, -0.2) is 43.3 Å². The molecule has 1 saturated carbocycles. The highest BCUT2D eigenvalue weighted by atomic mass is 16.5. The van der Waals surface area contributed by atoms with Crippen LogP contribution in [0.5, 0.6) is 0 Å². The van der Waals surface area contributed by atoms with Crippen molar-refractivity contribution in [2.75, 3.05) is 37.5 Å². The first kappa shape index (κ1) is 16.0. The molecule has 0 saturated heterocycles. The third kappa shape index (κ3) is 4.30. The zero-order valence-corrected chi connectivity index (χ0v) is 13.7. The Morgan fingerprint density at radius 3 is 2.76 bits per heavy atom. The second-order valence-electron chi connectivity index (χ2n) is 5.79. The Hall–Kier alpha value is -1.36. The van der Waals surface area contributed by atoms with E-state index < -0.39 is 0 Å². The molecule has 1 fully saturated rings. The van der Waals surface area contributed by atoms with Crippen LogP contribution in [0.4, 0.5) is 11.6 Å². The highest BCUT2D eigenvalue weighted by Crippen LogP contribution is 2.36. The Morgan fingerprint density at radius 2 is 2.19 bits per heavy atom. The van der Waals surface area contributed by atoms with Gasteiger partial charge < -0.3 is 15.0 Å². The maximum Gasteiger partial charge on any atom is 0.134 e. The summed E-state index contributed by atoms with van der Waals surface area (Å²) in [4.78, 5) is 11.7. The molecule has 0 aromatic carbocycles. The molecule has 118 valence electrons. The smallest absolute Gasteiger partial charge is 0.134 e. The molecule has 0 aliphatic heterocycles. The van der Waals surface area contributed by atoms with Gasteiger partial charge in [0.1, 0.15) is 17.5 Å². The zero-order valence-electron chi connectivity index (χ0n) is 13.7. The average molecular weight is 292 g/mol. The van der Waals surface area contributed by atoms with E-state index in [1.807, 2.05) is 13.1 Å². The Morgan fingerprint density at radius 1 is 1.43 bits per heavy atom. The largest absolute Gasteiger partial charge is 0.383 e. The molecule has 2 rings (SSSR count). The third-order valence-corrected chi connectivity index (χ3v) is 4.12. The number of aryl methyl sites for hydroxylation is 1. The molecule has 0 amide bonds. The Kier molecular flexibility index (Phi) is 5.79. The van der Waals surface area contributed by atoms with Gasteiger partial charge in [-0.15, -0.1) is 0 Å². The number of anilines is 2. The third-order valence-electron chi connectivity index (χ3n) is 4.12. The molecule has 1 aromatic heterocycles. The molecule has 1 unspecified atom stereocenters. The lowest BCUT2D eigenvalue weighted by molar-refractivity contribution is 0.202. The quantitative estimate of drug-likeness (QED) is 0.758. The lowest BCUT2D eigenvalue weighted by Crippen LogP contribution is -2.38. The lowest BCUT2D eigenvalue weighted by Gasteiger charge is -2.30. The van der Waals surface area contributed by atoms with Gasteiger partial charge in [-0.05, 0) is 32.1 Å². The van der Waals surface area contributed by atoms with Gasteiger partial charge in [-0.25, -0.2) is 9.97 Å². The first-order valence-electron chi connectivity index (χ1n) is 8.00. The van der Waals surface area contributed by atoms with Crippen LogP contribution in [0.2, 0.25) is 0 Å². The summed E-state index contributed by atoms with van der Waals surface area (Å²) in [6.07, 6.45) is 4.63. The number of nitrogens with zero attached hydrogens (tertiary/aromatic N) is 3. The number of aromatic nitrogens is 2. The summed E-state index contributed by atoms with van der Waals surface area (Å²) >= 11 is 0. The number of nitrogens with one attached hydrogen (secondary N) is 1. The minimum absolute atomic E-state index is 0.509. The molecular formula is C16H28N4O. The fraction of sp³-hybridized carbons (Fsp3) is 0.750. The monoisotopic (exact) mass is 292 g/mol. The topological polar surface area (TPSA) is 50.3 Å². The normalized spacial score (nSPS) is 15.8. The van der Waals surface area contributed by atoms with E-state index in [4.69, 9.17) is 9.72 Å². The molecule has 1 atom stereocenters. The Labute approximate surface area is 128 Å². The van der Waals surface area contributed by atoms with Crippen LogP contribution in [0.3, 0.4) is 0 Å². The van der Waals surface area contributed by atoms with Crippen LogP contribution >= 0.6 is 0 Å². The molecule has 1 aliphatic carbocycles. The van der Waals surface area contributed by atoms with E-state index in [1.165, 1.54) is 12.8 Å². The summed E-state index contributed by atoms with van der Waals surface area (Å²) in [5.74, 6) is 3.64. The van der Waals surface area contributed by atoms with Gasteiger partial charge >= 0.3 is 0 Å². The minimum Gasteiger partial charge on any atom is -0.383 e.